The fourth-order valence-electron chi connectivity index (χ4n) is 5.54. The number of amides is 1. The minimum Gasteiger partial charge on any atom is -0.448 e. The predicted octanol–water partition coefficient (Wildman–Crippen LogP) is 4.15. The van der Waals surface area contributed by atoms with E-state index in [0.29, 0.717) is 18.5 Å². The van der Waals surface area contributed by atoms with Gasteiger partial charge in [0.15, 0.2) is 5.60 Å². The van der Waals surface area contributed by atoms with Crippen LogP contribution in [0.15, 0.2) is 29.3 Å². The van der Waals surface area contributed by atoms with Gasteiger partial charge in [0.05, 0.1) is 12.2 Å². The summed E-state index contributed by atoms with van der Waals surface area (Å²) < 4.78 is 12.5. The van der Waals surface area contributed by atoms with Gasteiger partial charge in [-0.3, -0.25) is 4.79 Å². The highest BCUT2D eigenvalue weighted by molar-refractivity contribution is 6.01. The topological polar surface area (TPSA) is 51.1 Å². The third-order valence-electron chi connectivity index (χ3n) is 7.22. The average Bonchev–Trinajstić information content (AvgIpc) is 3.22. The summed E-state index contributed by atoms with van der Waals surface area (Å²) in [6, 6.07) is 9.07. The van der Waals surface area contributed by atoms with E-state index in [1.54, 1.807) is 0 Å². The molecule has 1 amide bonds. The van der Waals surface area contributed by atoms with Crippen LogP contribution in [0.5, 0.6) is 0 Å². The van der Waals surface area contributed by atoms with Crippen molar-refractivity contribution in [3.63, 3.8) is 0 Å². The second-order valence-corrected chi connectivity index (χ2v) is 9.17. The van der Waals surface area contributed by atoms with E-state index in [9.17, 15) is 4.79 Å². The number of aliphatic imine (C=N–C) groups is 1. The number of piperidine rings is 1. The van der Waals surface area contributed by atoms with Crippen molar-refractivity contribution in [2.24, 2.45) is 10.9 Å². The molecule has 0 N–H and O–H groups in total. The van der Waals surface area contributed by atoms with Gasteiger partial charge in [0.25, 0.3) is 11.9 Å². The van der Waals surface area contributed by atoms with Gasteiger partial charge in [0, 0.05) is 13.1 Å². The highest BCUT2D eigenvalue weighted by atomic mass is 16.5. The molecule has 5 nitrogen and oxygen atoms in total. The Morgan fingerprint density at radius 2 is 1.89 bits per heavy atom. The number of nitrogens with zero attached hydrogens (tertiary/aromatic N) is 2. The van der Waals surface area contributed by atoms with Crippen molar-refractivity contribution in [1.29, 1.82) is 0 Å². The fraction of sp³-hybridized carbons (Fsp3) is 0.652. The summed E-state index contributed by atoms with van der Waals surface area (Å²) in [5.74, 6) is 0.487. The van der Waals surface area contributed by atoms with Gasteiger partial charge in [-0.25, -0.2) is 0 Å². The molecule has 3 aliphatic heterocycles. The van der Waals surface area contributed by atoms with Gasteiger partial charge >= 0.3 is 0 Å². The zero-order valence-corrected chi connectivity index (χ0v) is 16.8. The van der Waals surface area contributed by atoms with Gasteiger partial charge in [-0.1, -0.05) is 56.4 Å². The van der Waals surface area contributed by atoms with Crippen molar-refractivity contribution in [2.45, 2.75) is 76.1 Å². The lowest BCUT2D eigenvalue weighted by molar-refractivity contribution is -0.131. The van der Waals surface area contributed by atoms with Crippen LogP contribution in [0.3, 0.4) is 0 Å². The highest BCUT2D eigenvalue weighted by Gasteiger charge is 2.48. The molecule has 1 aromatic carbocycles. The minimum absolute atomic E-state index is 0.101. The summed E-state index contributed by atoms with van der Waals surface area (Å²) in [6.07, 6.45) is 8.91. The van der Waals surface area contributed by atoms with E-state index in [1.165, 1.54) is 43.2 Å². The molecule has 5 heteroatoms. The molecule has 0 radical (unpaired) electrons. The quantitative estimate of drug-likeness (QED) is 0.771. The maximum Gasteiger partial charge on any atom is 0.296 e. The van der Waals surface area contributed by atoms with E-state index < -0.39 is 5.60 Å². The molecular weight excluding hydrogens is 352 g/mol. The van der Waals surface area contributed by atoms with Crippen LogP contribution in [0.25, 0.3) is 0 Å². The van der Waals surface area contributed by atoms with Crippen LogP contribution in [0.2, 0.25) is 0 Å². The van der Waals surface area contributed by atoms with Gasteiger partial charge < -0.3 is 14.4 Å². The lowest BCUT2D eigenvalue weighted by Gasteiger charge is -2.40. The summed E-state index contributed by atoms with van der Waals surface area (Å²) in [5, 5.41) is 0. The number of likely N-dealkylation sites (tertiary alicyclic amines) is 1. The lowest BCUT2D eigenvalue weighted by Crippen LogP contribution is -2.46. The third-order valence-corrected chi connectivity index (χ3v) is 7.22. The molecule has 28 heavy (non-hydrogen) atoms. The summed E-state index contributed by atoms with van der Waals surface area (Å²) in [4.78, 5) is 19.1. The van der Waals surface area contributed by atoms with Gasteiger partial charge in [-0.15, -0.1) is 0 Å². The number of hydrogen-bond acceptors (Lipinski definition) is 4. The number of ether oxygens (including phenoxy) is 2. The molecule has 4 aliphatic rings. The van der Waals surface area contributed by atoms with Crippen LogP contribution in [-0.4, -0.2) is 35.5 Å². The monoisotopic (exact) mass is 382 g/mol. The SMILES string of the molecule is CC1(CC2CCCCC2)OC(N2CCC3(CC2)OCc2ccccc23)=NC1=O. The Hall–Kier alpha value is -1.88. The maximum absolute atomic E-state index is 12.7. The average molecular weight is 383 g/mol. The van der Waals surface area contributed by atoms with E-state index in [4.69, 9.17) is 9.47 Å². The summed E-state index contributed by atoms with van der Waals surface area (Å²) in [6.45, 7) is 4.24. The number of hydrogen-bond donors (Lipinski definition) is 0. The third kappa shape index (κ3) is 3.04. The molecule has 0 bridgehead atoms. The van der Waals surface area contributed by atoms with Crippen molar-refractivity contribution < 1.29 is 14.3 Å². The second-order valence-electron chi connectivity index (χ2n) is 9.17. The smallest absolute Gasteiger partial charge is 0.296 e. The Labute approximate surface area is 167 Å². The van der Waals surface area contributed by atoms with E-state index in [2.05, 4.69) is 34.2 Å². The normalized spacial score (nSPS) is 29.7. The first-order valence-electron chi connectivity index (χ1n) is 10.9. The number of carbonyl (C=O) groups is 1. The zero-order chi connectivity index (χ0) is 19.2. The van der Waals surface area contributed by atoms with E-state index in [-0.39, 0.29) is 11.5 Å². The molecule has 1 unspecified atom stereocenters. The van der Waals surface area contributed by atoms with Crippen LogP contribution < -0.4 is 0 Å². The number of fused-ring (bicyclic) bond motifs is 2. The second kappa shape index (κ2) is 6.87. The van der Waals surface area contributed by atoms with Gasteiger partial charge in [0.2, 0.25) is 0 Å². The Morgan fingerprint density at radius 1 is 1.14 bits per heavy atom. The number of carbonyl (C=O) groups excluding carboxylic acids is 1. The van der Waals surface area contributed by atoms with Crippen molar-refractivity contribution in [3.05, 3.63) is 35.4 Å². The molecule has 1 aromatic rings. The van der Waals surface area contributed by atoms with Crippen molar-refractivity contribution in [2.75, 3.05) is 13.1 Å². The molecular formula is C23H30N2O3. The molecule has 3 heterocycles. The Bertz CT molecular complexity index is 791. The van der Waals surface area contributed by atoms with Crippen LogP contribution in [0.4, 0.5) is 0 Å². The summed E-state index contributed by atoms with van der Waals surface area (Å²) in [5.41, 5.74) is 1.69. The molecule has 1 spiro atoms. The lowest BCUT2D eigenvalue weighted by atomic mass is 9.81. The first-order chi connectivity index (χ1) is 13.6. The highest BCUT2D eigenvalue weighted by Crippen LogP contribution is 2.44. The largest absolute Gasteiger partial charge is 0.448 e. The standard InChI is InChI=1S/C23H30N2O3/c1-22(15-17-7-3-2-4-8-17)20(26)24-21(28-22)25-13-11-23(12-14-25)19-10-6-5-9-18(19)16-27-23/h5-6,9-10,17H,2-4,7-8,11-16H2,1H3. The Kier molecular flexibility index (Phi) is 4.46. The van der Waals surface area contributed by atoms with Crippen molar-refractivity contribution in [1.82, 2.24) is 4.90 Å². The van der Waals surface area contributed by atoms with Crippen LogP contribution >= 0.6 is 0 Å². The molecule has 1 aliphatic carbocycles. The molecule has 5 rings (SSSR count). The molecule has 150 valence electrons. The minimum atomic E-state index is -0.775. The summed E-state index contributed by atoms with van der Waals surface area (Å²) in [7, 11) is 0. The van der Waals surface area contributed by atoms with Crippen LogP contribution in [0.1, 0.15) is 69.4 Å². The van der Waals surface area contributed by atoms with Crippen molar-refractivity contribution in [3.8, 4) is 0 Å². The zero-order valence-electron chi connectivity index (χ0n) is 16.8. The number of rotatable bonds is 2. The Balaban J connectivity index is 1.24. The summed E-state index contributed by atoms with van der Waals surface area (Å²) >= 11 is 0. The van der Waals surface area contributed by atoms with Gasteiger partial charge in [0.1, 0.15) is 0 Å². The van der Waals surface area contributed by atoms with Crippen molar-refractivity contribution >= 4 is 11.9 Å². The first kappa shape index (κ1) is 18.2. The number of benzene rings is 1. The van der Waals surface area contributed by atoms with Crippen LogP contribution in [0, 0.1) is 5.92 Å². The molecule has 1 saturated carbocycles. The van der Waals surface area contributed by atoms with E-state index in [1.807, 2.05) is 6.92 Å². The molecule has 2 fully saturated rings. The molecule has 1 atom stereocenters. The maximum atomic E-state index is 12.7. The van der Waals surface area contributed by atoms with Gasteiger partial charge in [-0.05, 0) is 43.2 Å². The van der Waals surface area contributed by atoms with Crippen LogP contribution in [-0.2, 0) is 26.5 Å². The number of amidine groups is 1. The first-order valence-corrected chi connectivity index (χ1v) is 10.9. The van der Waals surface area contributed by atoms with E-state index in [0.717, 1.165) is 32.4 Å². The molecule has 0 aromatic heterocycles. The van der Waals surface area contributed by atoms with Gasteiger partial charge in [-0.2, -0.15) is 4.99 Å². The Morgan fingerprint density at radius 3 is 2.68 bits per heavy atom. The molecule has 1 saturated heterocycles. The van der Waals surface area contributed by atoms with E-state index >= 15 is 0 Å². The predicted molar refractivity (Wildman–Crippen MR) is 107 cm³/mol. The fourth-order valence-corrected chi connectivity index (χ4v) is 5.54.